The summed E-state index contributed by atoms with van der Waals surface area (Å²) in [6.45, 7) is 0.236. The van der Waals surface area contributed by atoms with Gasteiger partial charge < -0.3 is 9.30 Å². The third kappa shape index (κ3) is 4.21. The van der Waals surface area contributed by atoms with E-state index in [1.54, 1.807) is 41.4 Å². The van der Waals surface area contributed by atoms with E-state index in [0.29, 0.717) is 27.7 Å². The van der Waals surface area contributed by atoms with Crippen LogP contribution in [0.15, 0.2) is 61.1 Å². The normalized spacial score (nSPS) is 11.8. The van der Waals surface area contributed by atoms with Crippen LogP contribution in [-0.2, 0) is 12.7 Å². The third-order valence-electron chi connectivity index (χ3n) is 5.11. The average Bonchev–Trinajstić information content (AvgIpc) is 3.45. The highest BCUT2D eigenvalue weighted by Crippen LogP contribution is 2.40. The summed E-state index contributed by atoms with van der Waals surface area (Å²) in [6, 6.07) is 11.8. The Morgan fingerprint density at radius 3 is 2.56 bits per heavy atom. The molecule has 0 saturated carbocycles. The fraction of sp³-hybridized carbons (Fsp3) is 0.130. The van der Waals surface area contributed by atoms with E-state index in [-0.39, 0.29) is 28.7 Å². The molecule has 0 unspecified atom stereocenters. The second-order valence-electron chi connectivity index (χ2n) is 7.35. The van der Waals surface area contributed by atoms with Gasteiger partial charge in [0.05, 0.1) is 36.9 Å². The minimum absolute atomic E-state index is 0.0668. The maximum absolute atomic E-state index is 14.1. The molecule has 0 atom stereocenters. The van der Waals surface area contributed by atoms with E-state index in [9.17, 15) is 17.6 Å². The number of ether oxygens (including phenoxy) is 1. The van der Waals surface area contributed by atoms with E-state index in [2.05, 4.69) is 20.2 Å². The number of nitrogens with zero attached hydrogens (tertiary/aromatic N) is 5. The highest BCUT2D eigenvalue weighted by atomic mass is 32.1. The maximum atomic E-state index is 14.1. The summed E-state index contributed by atoms with van der Waals surface area (Å²) in [7, 11) is 1.31. The Kier molecular flexibility index (Phi) is 5.48. The van der Waals surface area contributed by atoms with Crippen molar-refractivity contribution in [2.45, 2.75) is 12.7 Å². The van der Waals surface area contributed by atoms with Gasteiger partial charge in [0.2, 0.25) is 0 Å². The van der Waals surface area contributed by atoms with Crippen LogP contribution in [0.5, 0.6) is 5.75 Å². The van der Waals surface area contributed by atoms with Crippen LogP contribution in [0.3, 0.4) is 0 Å². The first kappa shape index (κ1) is 22.0. The predicted octanol–water partition coefficient (Wildman–Crippen LogP) is 5.78. The minimum Gasteiger partial charge on any atom is -0.497 e. The predicted molar refractivity (Wildman–Crippen MR) is 118 cm³/mol. The van der Waals surface area contributed by atoms with Gasteiger partial charge in [0, 0.05) is 17.3 Å². The number of fused-ring (bicyclic) bond motifs is 1. The molecule has 2 aliphatic rings. The molecule has 6 nitrogen and oxygen atoms in total. The lowest BCUT2D eigenvalue weighted by Gasteiger charge is -2.12. The van der Waals surface area contributed by atoms with E-state index in [1.165, 1.54) is 25.3 Å². The molecule has 34 heavy (non-hydrogen) atoms. The monoisotopic (exact) mass is 485 g/mol. The van der Waals surface area contributed by atoms with Gasteiger partial charge in [-0.1, -0.05) is 23.5 Å². The number of benzene rings is 2. The minimum atomic E-state index is -4.57. The van der Waals surface area contributed by atoms with Crippen LogP contribution < -0.4 is 4.74 Å². The topological polar surface area (TPSA) is 65.7 Å². The van der Waals surface area contributed by atoms with Crippen molar-refractivity contribution in [2.24, 2.45) is 0 Å². The zero-order chi connectivity index (χ0) is 23.9. The Morgan fingerprint density at radius 1 is 0.971 bits per heavy atom. The second kappa shape index (κ2) is 8.49. The molecule has 0 aliphatic carbocycles. The van der Waals surface area contributed by atoms with Gasteiger partial charge in [0.1, 0.15) is 27.3 Å². The van der Waals surface area contributed by atoms with E-state index in [0.717, 1.165) is 17.4 Å². The zero-order valence-corrected chi connectivity index (χ0v) is 18.4. The van der Waals surface area contributed by atoms with Gasteiger partial charge in [0.25, 0.3) is 0 Å². The molecule has 0 fully saturated rings. The van der Waals surface area contributed by atoms with E-state index in [4.69, 9.17) is 4.74 Å². The summed E-state index contributed by atoms with van der Waals surface area (Å²) in [6.07, 6.45) is -1.29. The first-order valence-electron chi connectivity index (χ1n) is 9.97. The first-order valence-corrected chi connectivity index (χ1v) is 10.8. The molecule has 0 N–H and O–H groups in total. The molecule has 0 spiro atoms. The van der Waals surface area contributed by atoms with E-state index in [1.807, 2.05) is 0 Å². The molecule has 11 heteroatoms. The molecule has 3 aromatic rings. The maximum Gasteiger partial charge on any atom is 0.417 e. The number of aromatic nitrogens is 5. The molecule has 0 radical (unpaired) electrons. The third-order valence-corrected chi connectivity index (χ3v) is 6.05. The molecule has 2 aliphatic heterocycles. The summed E-state index contributed by atoms with van der Waals surface area (Å²) in [5.41, 5.74) is 1.09. The fourth-order valence-corrected chi connectivity index (χ4v) is 4.38. The molecule has 1 aromatic heterocycles. The van der Waals surface area contributed by atoms with Crippen molar-refractivity contribution in [2.75, 3.05) is 7.11 Å². The Morgan fingerprint density at radius 2 is 1.79 bits per heavy atom. The highest BCUT2D eigenvalue weighted by Gasteiger charge is 2.35. The summed E-state index contributed by atoms with van der Waals surface area (Å²) in [5.74, 6) is -0.274. The SMILES string of the molecule is COc1ccc(-c2nnc(Cn3cnc4cc(-c5ccccc5F)nc-4c3)s2)c(C(F)(F)F)c1. The van der Waals surface area contributed by atoms with Crippen LogP contribution in [-0.4, -0.2) is 31.8 Å². The standard InChI is InChI=1S/C23H15F4N5OS/c1-33-13-6-7-14(16(8-13)23(25,26)27)22-31-30-21(34-22)11-32-10-20-19(28-12-32)9-18(29-20)15-4-2-3-5-17(15)24/h2-10,12H,11H2,1H3. The Balaban J connectivity index is 1.43. The molecule has 5 rings (SSSR count). The lowest BCUT2D eigenvalue weighted by Crippen LogP contribution is -2.07. The van der Waals surface area contributed by atoms with Crippen LogP contribution in [0, 0.1) is 5.82 Å². The Bertz CT molecular complexity index is 1450. The number of hydrogen-bond acceptors (Lipinski definition) is 6. The van der Waals surface area contributed by atoms with Crippen molar-refractivity contribution in [1.82, 2.24) is 24.7 Å². The van der Waals surface area contributed by atoms with Crippen molar-refractivity contribution in [1.29, 1.82) is 0 Å². The van der Waals surface area contributed by atoms with Crippen LogP contribution >= 0.6 is 11.3 Å². The summed E-state index contributed by atoms with van der Waals surface area (Å²) in [5, 5.41) is 8.65. The van der Waals surface area contributed by atoms with E-state index >= 15 is 0 Å². The number of rotatable bonds is 5. The number of methoxy groups -OCH3 is 1. The molecule has 0 saturated heterocycles. The second-order valence-corrected chi connectivity index (χ2v) is 8.41. The van der Waals surface area contributed by atoms with Crippen molar-refractivity contribution >= 4 is 11.3 Å². The summed E-state index contributed by atoms with van der Waals surface area (Å²) >= 11 is 1.05. The van der Waals surface area contributed by atoms with Gasteiger partial charge in [-0.2, -0.15) is 13.2 Å². The molecule has 0 amide bonds. The smallest absolute Gasteiger partial charge is 0.417 e. The molecule has 3 heterocycles. The highest BCUT2D eigenvalue weighted by molar-refractivity contribution is 7.14. The van der Waals surface area contributed by atoms with Crippen LogP contribution in [0.1, 0.15) is 10.6 Å². The van der Waals surface area contributed by atoms with Gasteiger partial charge in [-0.3, -0.25) is 0 Å². The van der Waals surface area contributed by atoms with Crippen molar-refractivity contribution in [3.05, 3.63) is 77.4 Å². The summed E-state index contributed by atoms with van der Waals surface area (Å²) in [4.78, 5) is 8.82. The van der Waals surface area contributed by atoms with Gasteiger partial charge in [0.15, 0.2) is 0 Å². The van der Waals surface area contributed by atoms with Gasteiger partial charge in [-0.15, -0.1) is 10.2 Å². The van der Waals surface area contributed by atoms with Gasteiger partial charge in [-0.25, -0.2) is 14.4 Å². The molecule has 2 aromatic carbocycles. The Labute approximate surface area is 194 Å². The van der Waals surface area contributed by atoms with Crippen molar-refractivity contribution < 1.29 is 22.3 Å². The number of halogens is 4. The van der Waals surface area contributed by atoms with Crippen molar-refractivity contribution in [3.8, 4) is 39.0 Å². The lowest BCUT2D eigenvalue weighted by molar-refractivity contribution is -0.137. The molecular formula is C23H15F4N5OS. The molecule has 0 bridgehead atoms. The number of hydrogen-bond donors (Lipinski definition) is 0. The first-order chi connectivity index (χ1) is 16.3. The summed E-state index contributed by atoms with van der Waals surface area (Å²) < 4.78 is 61.4. The Hall–Kier alpha value is -3.86. The zero-order valence-electron chi connectivity index (χ0n) is 17.5. The quantitative estimate of drug-likeness (QED) is 0.295. The lowest BCUT2D eigenvalue weighted by atomic mass is 10.1. The molecule has 172 valence electrons. The molecular weight excluding hydrogens is 470 g/mol. The number of alkyl halides is 3. The van der Waals surface area contributed by atoms with Gasteiger partial charge >= 0.3 is 6.18 Å². The van der Waals surface area contributed by atoms with Crippen LogP contribution in [0.4, 0.5) is 17.6 Å². The average molecular weight is 485 g/mol. The fourth-order valence-electron chi connectivity index (χ4n) is 3.50. The van der Waals surface area contributed by atoms with Crippen LogP contribution in [0.25, 0.3) is 33.2 Å². The van der Waals surface area contributed by atoms with Crippen LogP contribution in [0.2, 0.25) is 0 Å². The van der Waals surface area contributed by atoms with E-state index < -0.39 is 11.7 Å². The van der Waals surface area contributed by atoms with Crippen molar-refractivity contribution in [3.63, 3.8) is 0 Å². The van der Waals surface area contributed by atoms with Gasteiger partial charge in [-0.05, 0) is 36.4 Å². The largest absolute Gasteiger partial charge is 0.497 e.